The molecule has 3 rings (SSSR count). The molecule has 126 valence electrons. The summed E-state index contributed by atoms with van der Waals surface area (Å²) in [5, 5.41) is 6.03. The van der Waals surface area contributed by atoms with Crippen molar-refractivity contribution in [2.75, 3.05) is 5.32 Å². The Morgan fingerprint density at radius 1 is 0.880 bits per heavy atom. The first-order valence-electron chi connectivity index (χ1n) is 7.98. The summed E-state index contributed by atoms with van der Waals surface area (Å²) in [6, 6.07) is 19.4. The van der Waals surface area contributed by atoms with Gasteiger partial charge in [-0.1, -0.05) is 42.5 Å². The van der Waals surface area contributed by atoms with Gasteiger partial charge in [0.05, 0.1) is 5.56 Å². The van der Waals surface area contributed by atoms with Gasteiger partial charge in [0.2, 0.25) is 0 Å². The summed E-state index contributed by atoms with van der Waals surface area (Å²) in [7, 11) is 0. The molecule has 5 heteroatoms. The van der Waals surface area contributed by atoms with Crippen LogP contribution in [0.5, 0.6) is 0 Å². The monoisotopic (exact) mass is 335 g/mol. The van der Waals surface area contributed by atoms with E-state index in [1.807, 2.05) is 30.3 Å². The van der Waals surface area contributed by atoms with Crippen LogP contribution in [0.1, 0.15) is 21.5 Å². The second-order valence-corrected chi connectivity index (χ2v) is 5.55. The van der Waals surface area contributed by atoms with Gasteiger partial charge in [0.1, 0.15) is 11.6 Å². The highest BCUT2D eigenvalue weighted by molar-refractivity contribution is 5.98. The number of pyridine rings is 1. The van der Waals surface area contributed by atoms with Crippen LogP contribution in [0.25, 0.3) is 0 Å². The van der Waals surface area contributed by atoms with Gasteiger partial charge in [-0.3, -0.25) is 4.79 Å². The van der Waals surface area contributed by atoms with Crippen molar-refractivity contribution >= 4 is 11.7 Å². The van der Waals surface area contributed by atoms with Crippen molar-refractivity contribution in [3.05, 3.63) is 95.4 Å². The number of hydrogen-bond acceptors (Lipinski definition) is 3. The number of nitrogens with one attached hydrogen (secondary N) is 2. The van der Waals surface area contributed by atoms with Crippen molar-refractivity contribution in [2.45, 2.75) is 13.1 Å². The van der Waals surface area contributed by atoms with Gasteiger partial charge in [0.15, 0.2) is 0 Å². The Balaban J connectivity index is 1.65. The molecule has 1 aromatic heterocycles. The maximum absolute atomic E-state index is 13.0. The van der Waals surface area contributed by atoms with E-state index in [1.165, 1.54) is 12.1 Å². The van der Waals surface area contributed by atoms with Gasteiger partial charge in [-0.15, -0.1) is 0 Å². The van der Waals surface area contributed by atoms with Gasteiger partial charge >= 0.3 is 0 Å². The lowest BCUT2D eigenvalue weighted by Gasteiger charge is -2.11. The predicted octanol–water partition coefficient (Wildman–Crippen LogP) is 3.76. The summed E-state index contributed by atoms with van der Waals surface area (Å²) >= 11 is 0. The van der Waals surface area contributed by atoms with Crippen molar-refractivity contribution < 1.29 is 9.18 Å². The Morgan fingerprint density at radius 2 is 1.60 bits per heavy atom. The lowest BCUT2D eigenvalue weighted by molar-refractivity contribution is 0.0951. The molecule has 0 aliphatic heterocycles. The Morgan fingerprint density at radius 3 is 2.36 bits per heavy atom. The molecule has 0 atom stereocenters. The fraction of sp³-hybridized carbons (Fsp3) is 0.100. The number of nitrogens with zero attached hydrogens (tertiary/aromatic N) is 1. The third-order valence-corrected chi connectivity index (χ3v) is 3.72. The minimum atomic E-state index is -0.275. The highest BCUT2D eigenvalue weighted by Crippen LogP contribution is 2.13. The van der Waals surface area contributed by atoms with Crippen LogP contribution >= 0.6 is 0 Å². The van der Waals surface area contributed by atoms with E-state index in [0.717, 1.165) is 11.1 Å². The third kappa shape index (κ3) is 4.64. The minimum Gasteiger partial charge on any atom is -0.365 e. The molecule has 1 heterocycles. The third-order valence-electron chi connectivity index (χ3n) is 3.72. The molecule has 0 spiro atoms. The molecule has 0 fully saturated rings. The van der Waals surface area contributed by atoms with Crippen molar-refractivity contribution in [1.82, 2.24) is 10.3 Å². The van der Waals surface area contributed by atoms with E-state index in [0.29, 0.717) is 24.5 Å². The Hall–Kier alpha value is -3.21. The smallest absolute Gasteiger partial charge is 0.255 e. The number of halogens is 1. The summed E-state index contributed by atoms with van der Waals surface area (Å²) in [6.45, 7) is 0.905. The summed E-state index contributed by atoms with van der Waals surface area (Å²) in [4.78, 5) is 16.7. The first kappa shape index (κ1) is 16.6. The Kier molecular flexibility index (Phi) is 5.36. The largest absolute Gasteiger partial charge is 0.365 e. The summed E-state index contributed by atoms with van der Waals surface area (Å²) in [5.74, 6) is 0.0264. The van der Waals surface area contributed by atoms with Gasteiger partial charge < -0.3 is 10.6 Å². The van der Waals surface area contributed by atoms with Crippen LogP contribution in [0, 0.1) is 5.82 Å². The zero-order valence-electron chi connectivity index (χ0n) is 13.6. The number of rotatable bonds is 6. The van der Waals surface area contributed by atoms with Crippen LogP contribution in [-0.2, 0) is 13.1 Å². The molecule has 1 amide bonds. The number of carbonyl (C=O) groups excluding carboxylic acids is 1. The number of aromatic nitrogens is 1. The Bertz CT molecular complexity index is 835. The van der Waals surface area contributed by atoms with Crippen molar-refractivity contribution in [2.24, 2.45) is 0 Å². The zero-order chi connectivity index (χ0) is 17.5. The van der Waals surface area contributed by atoms with E-state index in [1.54, 1.807) is 30.5 Å². The molecule has 2 aromatic carbocycles. The number of amides is 1. The summed E-state index contributed by atoms with van der Waals surface area (Å²) in [5.41, 5.74) is 2.41. The SMILES string of the molecule is O=C(NCc1ccccc1)c1cccnc1NCc1ccc(F)cc1. The van der Waals surface area contributed by atoms with Crippen LogP contribution in [0.15, 0.2) is 72.9 Å². The molecule has 2 N–H and O–H groups in total. The van der Waals surface area contributed by atoms with Gasteiger partial charge in [-0.2, -0.15) is 0 Å². The van der Waals surface area contributed by atoms with Crippen LogP contribution in [-0.4, -0.2) is 10.9 Å². The topological polar surface area (TPSA) is 54.0 Å². The van der Waals surface area contributed by atoms with E-state index < -0.39 is 0 Å². The predicted molar refractivity (Wildman–Crippen MR) is 95.6 cm³/mol. The second kappa shape index (κ2) is 8.06. The molecule has 0 aliphatic carbocycles. The number of benzene rings is 2. The molecular weight excluding hydrogens is 317 g/mol. The fourth-order valence-corrected chi connectivity index (χ4v) is 2.39. The van der Waals surface area contributed by atoms with Crippen LogP contribution in [0.2, 0.25) is 0 Å². The summed E-state index contributed by atoms with van der Waals surface area (Å²) in [6.07, 6.45) is 1.63. The van der Waals surface area contributed by atoms with E-state index in [4.69, 9.17) is 0 Å². The fourth-order valence-electron chi connectivity index (χ4n) is 2.39. The second-order valence-electron chi connectivity index (χ2n) is 5.55. The maximum Gasteiger partial charge on any atom is 0.255 e. The molecule has 0 unspecified atom stereocenters. The first-order chi connectivity index (χ1) is 12.2. The van der Waals surface area contributed by atoms with Gasteiger partial charge in [-0.05, 0) is 35.4 Å². The number of anilines is 1. The highest BCUT2D eigenvalue weighted by atomic mass is 19.1. The van der Waals surface area contributed by atoms with Crippen molar-refractivity contribution in [3.8, 4) is 0 Å². The van der Waals surface area contributed by atoms with Crippen LogP contribution < -0.4 is 10.6 Å². The number of carbonyl (C=O) groups is 1. The molecule has 0 bridgehead atoms. The highest BCUT2D eigenvalue weighted by Gasteiger charge is 2.11. The van der Waals surface area contributed by atoms with Gasteiger partial charge in [-0.25, -0.2) is 9.37 Å². The van der Waals surface area contributed by atoms with E-state index in [-0.39, 0.29) is 11.7 Å². The molecule has 0 radical (unpaired) electrons. The lowest BCUT2D eigenvalue weighted by Crippen LogP contribution is -2.24. The Labute approximate surface area is 145 Å². The average molecular weight is 335 g/mol. The van der Waals surface area contributed by atoms with E-state index >= 15 is 0 Å². The quantitative estimate of drug-likeness (QED) is 0.721. The molecule has 3 aromatic rings. The molecule has 0 aliphatic rings. The van der Waals surface area contributed by atoms with Crippen molar-refractivity contribution in [1.29, 1.82) is 0 Å². The number of hydrogen-bond donors (Lipinski definition) is 2. The average Bonchev–Trinajstić information content (AvgIpc) is 2.67. The van der Waals surface area contributed by atoms with E-state index in [2.05, 4.69) is 15.6 Å². The molecule has 25 heavy (non-hydrogen) atoms. The van der Waals surface area contributed by atoms with Crippen LogP contribution in [0.4, 0.5) is 10.2 Å². The minimum absolute atomic E-state index is 0.196. The van der Waals surface area contributed by atoms with E-state index in [9.17, 15) is 9.18 Å². The van der Waals surface area contributed by atoms with Crippen molar-refractivity contribution in [3.63, 3.8) is 0 Å². The maximum atomic E-state index is 13.0. The summed E-state index contributed by atoms with van der Waals surface area (Å²) < 4.78 is 13.0. The van der Waals surface area contributed by atoms with Crippen LogP contribution in [0.3, 0.4) is 0 Å². The van der Waals surface area contributed by atoms with Gasteiger partial charge in [0.25, 0.3) is 5.91 Å². The lowest BCUT2D eigenvalue weighted by atomic mass is 10.2. The standard InChI is InChI=1S/C20H18FN3O/c21-17-10-8-16(9-11-17)13-23-19-18(7-4-12-22-19)20(25)24-14-15-5-2-1-3-6-15/h1-12H,13-14H2,(H,22,23)(H,24,25). The normalized spacial score (nSPS) is 10.3. The zero-order valence-corrected chi connectivity index (χ0v) is 13.6. The van der Waals surface area contributed by atoms with Gasteiger partial charge in [0, 0.05) is 19.3 Å². The molecule has 0 saturated carbocycles. The molecular formula is C20H18FN3O. The molecule has 0 saturated heterocycles. The first-order valence-corrected chi connectivity index (χ1v) is 7.98. The molecule has 4 nitrogen and oxygen atoms in total.